The Bertz CT molecular complexity index is 3290. The van der Waals surface area contributed by atoms with E-state index in [1.54, 1.807) is 0 Å². The van der Waals surface area contributed by atoms with E-state index in [-0.39, 0.29) is 0 Å². The first-order chi connectivity index (χ1) is 30.7. The summed E-state index contributed by atoms with van der Waals surface area (Å²) >= 11 is 0. The van der Waals surface area contributed by atoms with Crippen molar-refractivity contribution < 1.29 is 0 Å². The monoisotopic (exact) mass is 789 g/mol. The van der Waals surface area contributed by atoms with Gasteiger partial charge in [0.25, 0.3) is 0 Å². The molecule has 0 amide bonds. The van der Waals surface area contributed by atoms with Gasteiger partial charge in [-0.1, -0.05) is 206 Å². The Hall–Kier alpha value is -8.27. The van der Waals surface area contributed by atoms with Crippen LogP contribution in [0.15, 0.2) is 237 Å². The minimum Gasteiger partial charge on any atom is -0.247 e. The molecule has 0 atom stereocenters. The first-order valence-electron chi connectivity index (χ1n) is 21.0. The van der Waals surface area contributed by atoms with Crippen LogP contribution < -0.4 is 0 Å². The Morgan fingerprint density at radius 3 is 1.31 bits per heavy atom. The summed E-state index contributed by atoms with van der Waals surface area (Å²) in [5.74, 6) is 0.686. The van der Waals surface area contributed by atoms with Gasteiger partial charge in [0.15, 0.2) is 5.82 Å². The number of aromatic nitrogens is 3. The van der Waals surface area contributed by atoms with Crippen molar-refractivity contribution in [3.63, 3.8) is 0 Å². The molecule has 9 aromatic carbocycles. The number of hydrogen-bond donors (Lipinski definition) is 0. The van der Waals surface area contributed by atoms with E-state index in [0.29, 0.717) is 5.82 Å². The average Bonchev–Trinajstić information content (AvgIpc) is 3.37. The summed E-state index contributed by atoms with van der Waals surface area (Å²) in [6, 6.07) is 83.4. The van der Waals surface area contributed by atoms with Crippen LogP contribution in [0.1, 0.15) is 0 Å². The summed E-state index contributed by atoms with van der Waals surface area (Å²) in [4.78, 5) is 15.8. The van der Waals surface area contributed by atoms with Crippen molar-refractivity contribution in [1.82, 2.24) is 15.0 Å². The minimum atomic E-state index is 0.686. The first-order valence-corrected chi connectivity index (χ1v) is 21.0. The van der Waals surface area contributed by atoms with Crippen molar-refractivity contribution in [2.24, 2.45) is 0 Å². The third-order valence-corrected chi connectivity index (χ3v) is 11.7. The molecule has 290 valence electrons. The zero-order valence-corrected chi connectivity index (χ0v) is 33.9. The largest absolute Gasteiger partial charge is 0.247 e. The molecule has 0 saturated carbocycles. The number of hydrogen-bond acceptors (Lipinski definition) is 3. The highest BCUT2D eigenvalue weighted by Gasteiger charge is 2.17. The topological polar surface area (TPSA) is 38.7 Å². The molecule has 0 unspecified atom stereocenters. The van der Waals surface area contributed by atoms with Gasteiger partial charge in [0.05, 0.1) is 22.6 Å². The molecule has 0 fully saturated rings. The van der Waals surface area contributed by atoms with Gasteiger partial charge >= 0.3 is 0 Å². The van der Waals surface area contributed by atoms with Crippen LogP contribution in [0.3, 0.4) is 0 Å². The molecule has 11 aromatic rings. The van der Waals surface area contributed by atoms with Gasteiger partial charge in [-0.15, -0.1) is 0 Å². The van der Waals surface area contributed by atoms with Gasteiger partial charge in [0, 0.05) is 38.4 Å². The smallest absolute Gasteiger partial charge is 0.160 e. The Morgan fingerprint density at radius 1 is 0.242 bits per heavy atom. The van der Waals surface area contributed by atoms with Gasteiger partial charge in [0.2, 0.25) is 0 Å². The fourth-order valence-electron chi connectivity index (χ4n) is 8.57. The summed E-state index contributed by atoms with van der Waals surface area (Å²) in [7, 11) is 0. The highest BCUT2D eigenvalue weighted by atomic mass is 14.9. The predicted molar refractivity (Wildman–Crippen MR) is 258 cm³/mol. The Balaban J connectivity index is 1.03. The first kappa shape index (κ1) is 36.8. The number of pyridine rings is 1. The average molecular weight is 790 g/mol. The molecule has 2 heterocycles. The SMILES string of the molecule is c1ccc(-c2cc(-c3ccccc3)cc(-c3cc(-c4ccc(-c5ccc6c(c5)nc(-c5ccccc5)c5cccc(-c7ccccc7)c56)cc4)nc(-c4ccccc4)n3)c2)cc1. The molecule has 0 radical (unpaired) electrons. The van der Waals surface area contributed by atoms with E-state index in [4.69, 9.17) is 15.0 Å². The van der Waals surface area contributed by atoms with Crippen molar-refractivity contribution in [2.75, 3.05) is 0 Å². The molecule has 11 rings (SSSR count). The Labute approximate surface area is 361 Å². The molecular formula is C59H39N3. The van der Waals surface area contributed by atoms with E-state index >= 15 is 0 Å². The van der Waals surface area contributed by atoms with Crippen molar-refractivity contribution in [3.8, 4) is 89.7 Å². The minimum absolute atomic E-state index is 0.686. The van der Waals surface area contributed by atoms with Crippen molar-refractivity contribution in [2.45, 2.75) is 0 Å². The lowest BCUT2D eigenvalue weighted by Gasteiger charge is -2.15. The maximum atomic E-state index is 5.37. The lowest BCUT2D eigenvalue weighted by molar-refractivity contribution is 1.18. The summed E-state index contributed by atoms with van der Waals surface area (Å²) in [5.41, 5.74) is 17.0. The molecule has 0 aliphatic heterocycles. The molecule has 0 N–H and O–H groups in total. The molecule has 0 aliphatic carbocycles. The van der Waals surface area contributed by atoms with E-state index in [9.17, 15) is 0 Å². The molecule has 2 aromatic heterocycles. The molecule has 0 saturated heterocycles. The van der Waals surface area contributed by atoms with Crippen LogP contribution in [0.4, 0.5) is 0 Å². The fraction of sp³-hybridized carbons (Fsp3) is 0. The molecule has 3 nitrogen and oxygen atoms in total. The highest BCUT2D eigenvalue weighted by molar-refractivity contribution is 6.17. The maximum absolute atomic E-state index is 5.37. The van der Waals surface area contributed by atoms with Crippen LogP contribution in [0.2, 0.25) is 0 Å². The van der Waals surface area contributed by atoms with Crippen LogP contribution in [-0.4, -0.2) is 15.0 Å². The lowest BCUT2D eigenvalue weighted by atomic mass is 9.92. The Kier molecular flexibility index (Phi) is 9.53. The maximum Gasteiger partial charge on any atom is 0.160 e. The summed E-state index contributed by atoms with van der Waals surface area (Å²) in [6.07, 6.45) is 0. The fourth-order valence-corrected chi connectivity index (χ4v) is 8.57. The predicted octanol–water partition coefficient (Wildman–Crippen LogP) is 15.5. The molecule has 0 spiro atoms. The number of fused-ring (bicyclic) bond motifs is 3. The van der Waals surface area contributed by atoms with Crippen LogP contribution in [0.5, 0.6) is 0 Å². The quantitative estimate of drug-likeness (QED) is 0.144. The zero-order valence-electron chi connectivity index (χ0n) is 33.9. The van der Waals surface area contributed by atoms with Crippen molar-refractivity contribution >= 4 is 21.7 Å². The van der Waals surface area contributed by atoms with Crippen LogP contribution >= 0.6 is 0 Å². The normalized spacial score (nSPS) is 11.2. The van der Waals surface area contributed by atoms with Crippen LogP contribution in [0.25, 0.3) is 111 Å². The summed E-state index contributed by atoms with van der Waals surface area (Å²) < 4.78 is 0. The lowest BCUT2D eigenvalue weighted by Crippen LogP contribution is -1.96. The number of benzene rings is 9. The standard InChI is InChI=1S/C59H39N3/c1-6-17-40(18-7-1)48-35-49(41-19-8-2-9-20-41)37-50(36-48)55-39-54(61-59(62-55)46-25-14-5-15-26-46)44-31-29-42(30-32-44)47-33-34-52-56(38-47)60-58(45-23-12-4-13-24-45)53-28-16-27-51(57(52)53)43-21-10-3-11-22-43/h1-39H. The number of rotatable bonds is 8. The van der Waals surface area contributed by atoms with E-state index in [0.717, 1.165) is 89.0 Å². The van der Waals surface area contributed by atoms with Gasteiger partial charge in [-0.3, -0.25) is 0 Å². The van der Waals surface area contributed by atoms with E-state index in [2.05, 4.69) is 218 Å². The second-order valence-electron chi connectivity index (χ2n) is 15.6. The molecular weight excluding hydrogens is 751 g/mol. The van der Waals surface area contributed by atoms with Gasteiger partial charge < -0.3 is 0 Å². The van der Waals surface area contributed by atoms with Crippen LogP contribution in [0, 0.1) is 0 Å². The summed E-state index contributed by atoms with van der Waals surface area (Å²) in [6.45, 7) is 0. The van der Waals surface area contributed by atoms with Gasteiger partial charge in [-0.05, 0) is 74.8 Å². The second-order valence-corrected chi connectivity index (χ2v) is 15.6. The van der Waals surface area contributed by atoms with Crippen molar-refractivity contribution in [3.05, 3.63) is 237 Å². The van der Waals surface area contributed by atoms with Gasteiger partial charge in [-0.2, -0.15) is 0 Å². The highest BCUT2D eigenvalue weighted by Crippen LogP contribution is 2.40. The molecule has 3 heteroatoms. The van der Waals surface area contributed by atoms with E-state index in [1.807, 2.05) is 18.2 Å². The van der Waals surface area contributed by atoms with E-state index in [1.165, 1.54) is 16.5 Å². The Morgan fingerprint density at radius 2 is 0.710 bits per heavy atom. The second kappa shape index (κ2) is 16.1. The number of nitrogens with zero attached hydrogens (tertiary/aromatic N) is 3. The molecule has 0 aliphatic rings. The van der Waals surface area contributed by atoms with Gasteiger partial charge in [0.1, 0.15) is 0 Å². The zero-order chi connectivity index (χ0) is 41.2. The van der Waals surface area contributed by atoms with Crippen molar-refractivity contribution in [1.29, 1.82) is 0 Å². The summed E-state index contributed by atoms with van der Waals surface area (Å²) in [5, 5.41) is 3.49. The van der Waals surface area contributed by atoms with Crippen LogP contribution in [-0.2, 0) is 0 Å². The molecule has 62 heavy (non-hydrogen) atoms. The third-order valence-electron chi connectivity index (χ3n) is 11.7. The third kappa shape index (κ3) is 7.12. The molecule has 0 bridgehead atoms. The van der Waals surface area contributed by atoms with E-state index < -0.39 is 0 Å². The van der Waals surface area contributed by atoms with Gasteiger partial charge in [-0.25, -0.2) is 15.0 Å².